The average molecular weight is 335 g/mol. The van der Waals surface area contributed by atoms with Crippen LogP contribution in [-0.4, -0.2) is 46.2 Å². The number of nitrogens with one attached hydrogen (secondary N) is 1. The van der Waals surface area contributed by atoms with Crippen LogP contribution in [0.5, 0.6) is 0 Å². The van der Waals surface area contributed by atoms with E-state index >= 15 is 0 Å². The van der Waals surface area contributed by atoms with E-state index in [4.69, 9.17) is 4.42 Å². The Morgan fingerprint density at radius 2 is 2.04 bits per heavy atom. The Hall–Kier alpha value is -3.02. The first-order valence-electron chi connectivity index (χ1n) is 8.33. The topological polar surface area (TPSA) is 69.6 Å². The van der Waals surface area contributed by atoms with Crippen molar-refractivity contribution in [1.82, 2.24) is 14.8 Å². The number of carbonyl (C=O) groups is 2. The Bertz CT molecular complexity index is 989. The van der Waals surface area contributed by atoms with Gasteiger partial charge in [-0.15, -0.1) is 0 Å². The fraction of sp³-hybridized carbons (Fsp3) is 0.263. The first kappa shape index (κ1) is 14.3. The van der Waals surface area contributed by atoms with Crippen molar-refractivity contribution in [2.24, 2.45) is 0 Å². The van der Waals surface area contributed by atoms with Gasteiger partial charge in [0, 0.05) is 35.6 Å². The number of H-pyrrole nitrogens is 1. The van der Waals surface area contributed by atoms with Crippen molar-refractivity contribution in [3.63, 3.8) is 0 Å². The zero-order chi connectivity index (χ0) is 17.1. The van der Waals surface area contributed by atoms with E-state index in [9.17, 15) is 9.59 Å². The molecule has 6 heteroatoms. The number of hydrogen-bond donors (Lipinski definition) is 1. The summed E-state index contributed by atoms with van der Waals surface area (Å²) in [5.74, 6) is -0.0494. The summed E-state index contributed by atoms with van der Waals surface area (Å²) in [7, 11) is 1.69. The summed E-state index contributed by atoms with van der Waals surface area (Å²) in [6.45, 7) is 0.110. The predicted octanol–water partition coefficient (Wildman–Crippen LogP) is 2.08. The molecule has 2 atom stereocenters. The quantitative estimate of drug-likeness (QED) is 0.740. The van der Waals surface area contributed by atoms with Crippen LogP contribution in [0.2, 0.25) is 0 Å². The van der Waals surface area contributed by atoms with Crippen LogP contribution in [-0.2, 0) is 16.0 Å². The molecule has 126 valence electrons. The number of fused-ring (bicyclic) bond motifs is 4. The molecule has 1 N–H and O–H groups in total. The van der Waals surface area contributed by atoms with E-state index in [1.54, 1.807) is 24.5 Å². The molecule has 25 heavy (non-hydrogen) atoms. The van der Waals surface area contributed by atoms with Gasteiger partial charge < -0.3 is 19.2 Å². The van der Waals surface area contributed by atoms with Crippen LogP contribution in [0, 0.1) is 0 Å². The van der Waals surface area contributed by atoms with Crippen molar-refractivity contribution in [3.8, 4) is 0 Å². The molecule has 0 aliphatic carbocycles. The summed E-state index contributed by atoms with van der Waals surface area (Å²) in [6.07, 6.45) is 3.78. The van der Waals surface area contributed by atoms with Crippen LogP contribution in [0.4, 0.5) is 0 Å². The van der Waals surface area contributed by atoms with E-state index in [0.29, 0.717) is 6.42 Å². The monoisotopic (exact) mass is 335 g/mol. The van der Waals surface area contributed by atoms with Crippen LogP contribution in [0.15, 0.2) is 47.3 Å². The zero-order valence-electron chi connectivity index (χ0n) is 13.7. The Morgan fingerprint density at radius 3 is 2.84 bits per heavy atom. The van der Waals surface area contributed by atoms with Gasteiger partial charge in [0.1, 0.15) is 12.1 Å². The van der Waals surface area contributed by atoms with Crippen LogP contribution in [0.1, 0.15) is 22.9 Å². The van der Waals surface area contributed by atoms with Crippen molar-refractivity contribution in [1.29, 1.82) is 0 Å². The minimum atomic E-state index is -0.474. The number of benzene rings is 1. The van der Waals surface area contributed by atoms with E-state index in [2.05, 4.69) is 11.1 Å². The minimum Gasteiger partial charge on any atom is -0.472 e. The first-order valence-corrected chi connectivity index (χ1v) is 8.33. The number of amides is 2. The molecule has 1 aromatic carbocycles. The number of para-hydroxylation sites is 1. The minimum absolute atomic E-state index is 0.0102. The summed E-state index contributed by atoms with van der Waals surface area (Å²) in [5, 5.41) is 1.11. The Labute approximate surface area is 144 Å². The summed E-state index contributed by atoms with van der Waals surface area (Å²) in [5.41, 5.74) is 3.99. The Morgan fingerprint density at radius 1 is 1.20 bits per heavy atom. The molecular formula is C19H17N3O3. The lowest BCUT2D eigenvalue weighted by Gasteiger charge is -2.45. The fourth-order valence-corrected chi connectivity index (χ4v) is 4.18. The van der Waals surface area contributed by atoms with E-state index < -0.39 is 6.04 Å². The number of furan rings is 1. The summed E-state index contributed by atoms with van der Waals surface area (Å²) >= 11 is 0. The Kier molecular flexibility index (Phi) is 2.86. The van der Waals surface area contributed by atoms with E-state index in [-0.39, 0.29) is 24.4 Å². The highest BCUT2D eigenvalue weighted by Gasteiger charge is 2.47. The molecule has 2 amide bonds. The maximum absolute atomic E-state index is 12.8. The molecule has 1 saturated heterocycles. The molecule has 0 spiro atoms. The van der Waals surface area contributed by atoms with Crippen molar-refractivity contribution in [3.05, 3.63) is 59.7 Å². The Balaban J connectivity index is 1.77. The van der Waals surface area contributed by atoms with E-state index in [0.717, 1.165) is 27.7 Å². The molecule has 0 bridgehead atoms. The third-order valence-electron chi connectivity index (χ3n) is 5.31. The van der Waals surface area contributed by atoms with E-state index in [1.807, 2.05) is 24.3 Å². The van der Waals surface area contributed by atoms with Gasteiger partial charge in [0.05, 0.1) is 19.1 Å². The largest absolute Gasteiger partial charge is 0.472 e. The third kappa shape index (κ3) is 1.91. The molecule has 0 radical (unpaired) electrons. The van der Waals surface area contributed by atoms with Gasteiger partial charge in [-0.1, -0.05) is 18.2 Å². The number of aromatic nitrogens is 1. The standard InChI is InChI=1S/C19H17N3O3/c1-21-9-16(23)22-15(19(21)24)8-13-12-4-2-3-5-14(12)20-17(13)18(22)11-6-7-25-10-11/h2-7,10,15,18,20H,8-9H2,1H3/t15-,18+/m1/s1. The van der Waals surface area contributed by atoms with Gasteiger partial charge in [-0.3, -0.25) is 9.59 Å². The normalized spacial score (nSPS) is 23.1. The van der Waals surface area contributed by atoms with Gasteiger partial charge >= 0.3 is 0 Å². The van der Waals surface area contributed by atoms with Crippen LogP contribution in [0.25, 0.3) is 10.9 Å². The van der Waals surface area contributed by atoms with Gasteiger partial charge in [0.25, 0.3) is 0 Å². The highest BCUT2D eigenvalue weighted by atomic mass is 16.3. The maximum atomic E-state index is 12.8. The molecule has 5 rings (SSSR count). The summed E-state index contributed by atoms with van der Waals surface area (Å²) < 4.78 is 5.27. The van der Waals surface area contributed by atoms with Gasteiger partial charge in [-0.05, 0) is 17.7 Å². The summed E-state index contributed by atoms with van der Waals surface area (Å²) in [6, 6.07) is 9.12. The smallest absolute Gasteiger partial charge is 0.245 e. The molecule has 1 fully saturated rings. The predicted molar refractivity (Wildman–Crippen MR) is 90.8 cm³/mol. The first-order chi connectivity index (χ1) is 12.1. The second-order valence-electron chi connectivity index (χ2n) is 6.74. The second kappa shape index (κ2) is 4.99. The number of carbonyl (C=O) groups excluding carboxylic acids is 2. The molecule has 2 aromatic heterocycles. The second-order valence-corrected chi connectivity index (χ2v) is 6.74. The number of rotatable bonds is 1. The third-order valence-corrected chi connectivity index (χ3v) is 5.31. The van der Waals surface area contributed by atoms with Crippen LogP contribution >= 0.6 is 0 Å². The number of hydrogen-bond acceptors (Lipinski definition) is 3. The lowest BCUT2D eigenvalue weighted by atomic mass is 9.87. The molecular weight excluding hydrogens is 318 g/mol. The molecule has 2 aliphatic heterocycles. The van der Waals surface area contributed by atoms with Crippen molar-refractivity contribution >= 4 is 22.7 Å². The summed E-state index contributed by atoms with van der Waals surface area (Å²) in [4.78, 5) is 32.3. The lowest BCUT2D eigenvalue weighted by Crippen LogP contribution is -2.62. The van der Waals surface area contributed by atoms with Gasteiger partial charge in [0.15, 0.2) is 0 Å². The van der Waals surface area contributed by atoms with Gasteiger partial charge in [0.2, 0.25) is 11.8 Å². The molecule has 6 nitrogen and oxygen atoms in total. The van der Waals surface area contributed by atoms with Crippen LogP contribution < -0.4 is 0 Å². The van der Waals surface area contributed by atoms with Crippen molar-refractivity contribution in [2.45, 2.75) is 18.5 Å². The highest BCUT2D eigenvalue weighted by molar-refractivity contribution is 5.97. The van der Waals surface area contributed by atoms with E-state index in [1.165, 1.54) is 4.90 Å². The molecule has 0 saturated carbocycles. The number of likely N-dealkylation sites (N-methyl/N-ethyl adjacent to an activating group) is 1. The highest BCUT2D eigenvalue weighted by Crippen LogP contribution is 2.42. The molecule has 2 aliphatic rings. The van der Waals surface area contributed by atoms with Crippen molar-refractivity contribution < 1.29 is 14.0 Å². The number of nitrogens with zero attached hydrogens (tertiary/aromatic N) is 2. The number of piperazine rings is 1. The average Bonchev–Trinajstić information content (AvgIpc) is 3.25. The lowest BCUT2D eigenvalue weighted by molar-refractivity contribution is -0.157. The van der Waals surface area contributed by atoms with Crippen LogP contribution in [0.3, 0.4) is 0 Å². The molecule has 0 unspecified atom stereocenters. The zero-order valence-corrected chi connectivity index (χ0v) is 13.7. The SMILES string of the molecule is CN1CC(=O)N2[C@@H](c3ccoc3)c3[nH]c4ccccc4c3C[C@@H]2C1=O. The fourth-order valence-electron chi connectivity index (χ4n) is 4.18. The number of aromatic amines is 1. The van der Waals surface area contributed by atoms with Gasteiger partial charge in [-0.25, -0.2) is 0 Å². The molecule has 4 heterocycles. The van der Waals surface area contributed by atoms with Gasteiger partial charge in [-0.2, -0.15) is 0 Å². The van der Waals surface area contributed by atoms with Crippen molar-refractivity contribution in [2.75, 3.05) is 13.6 Å². The molecule has 3 aromatic rings. The maximum Gasteiger partial charge on any atom is 0.245 e.